The standard InChI is InChI=1S/C9H10BrN3/c1-6(11)8-5-13-3-2-7(10)4-9(13)12-8/h2-6H,11H2,1H3/t6-/m1/s1. The number of pyridine rings is 1. The largest absolute Gasteiger partial charge is 0.323 e. The highest BCUT2D eigenvalue weighted by Crippen LogP contribution is 2.15. The maximum atomic E-state index is 5.73. The van der Waals surface area contributed by atoms with Crippen molar-refractivity contribution in [3.8, 4) is 0 Å². The lowest BCUT2D eigenvalue weighted by atomic mass is 10.3. The van der Waals surface area contributed by atoms with E-state index in [4.69, 9.17) is 5.73 Å². The van der Waals surface area contributed by atoms with Gasteiger partial charge in [0.2, 0.25) is 0 Å². The van der Waals surface area contributed by atoms with Gasteiger partial charge in [-0.05, 0) is 19.1 Å². The van der Waals surface area contributed by atoms with Gasteiger partial charge in [0, 0.05) is 22.9 Å². The van der Waals surface area contributed by atoms with Gasteiger partial charge in [-0.3, -0.25) is 0 Å². The lowest BCUT2D eigenvalue weighted by Gasteiger charge is -1.95. The SMILES string of the molecule is C[C@@H](N)c1cn2ccc(Br)cc2n1. The molecule has 2 aromatic rings. The maximum Gasteiger partial charge on any atom is 0.138 e. The highest BCUT2D eigenvalue weighted by atomic mass is 79.9. The molecule has 3 nitrogen and oxygen atoms in total. The Hall–Kier alpha value is -0.870. The van der Waals surface area contributed by atoms with E-state index in [1.165, 1.54) is 0 Å². The zero-order valence-electron chi connectivity index (χ0n) is 7.24. The first kappa shape index (κ1) is 8.72. The summed E-state index contributed by atoms with van der Waals surface area (Å²) in [6.45, 7) is 1.93. The molecule has 2 rings (SSSR count). The molecule has 0 saturated heterocycles. The summed E-state index contributed by atoms with van der Waals surface area (Å²) in [5.41, 5.74) is 7.56. The molecule has 0 amide bonds. The number of nitrogens with two attached hydrogens (primary N) is 1. The van der Waals surface area contributed by atoms with E-state index in [2.05, 4.69) is 20.9 Å². The number of hydrogen-bond donors (Lipinski definition) is 1. The number of rotatable bonds is 1. The van der Waals surface area contributed by atoms with Crippen molar-refractivity contribution in [2.75, 3.05) is 0 Å². The summed E-state index contributed by atoms with van der Waals surface area (Å²) in [7, 11) is 0. The van der Waals surface area contributed by atoms with Gasteiger partial charge < -0.3 is 10.1 Å². The number of hydrogen-bond acceptors (Lipinski definition) is 2. The molecule has 0 saturated carbocycles. The third-order valence-corrected chi connectivity index (χ3v) is 2.40. The van der Waals surface area contributed by atoms with Crippen LogP contribution in [0.15, 0.2) is 29.0 Å². The monoisotopic (exact) mass is 239 g/mol. The van der Waals surface area contributed by atoms with Crippen LogP contribution in [0.5, 0.6) is 0 Å². The summed E-state index contributed by atoms with van der Waals surface area (Å²) in [5, 5.41) is 0. The molecule has 0 unspecified atom stereocenters. The van der Waals surface area contributed by atoms with E-state index in [1.807, 2.05) is 35.9 Å². The van der Waals surface area contributed by atoms with Gasteiger partial charge >= 0.3 is 0 Å². The Morgan fingerprint density at radius 3 is 3.08 bits per heavy atom. The normalized spacial score (nSPS) is 13.5. The van der Waals surface area contributed by atoms with Crippen LogP contribution in [-0.4, -0.2) is 9.38 Å². The molecule has 4 heteroatoms. The second kappa shape index (κ2) is 3.12. The Bertz CT molecular complexity index is 433. The molecule has 1 atom stereocenters. The van der Waals surface area contributed by atoms with E-state index in [1.54, 1.807) is 0 Å². The van der Waals surface area contributed by atoms with Gasteiger partial charge in [-0.1, -0.05) is 15.9 Å². The molecule has 2 heterocycles. The summed E-state index contributed by atoms with van der Waals surface area (Å²) in [5.74, 6) is 0. The van der Waals surface area contributed by atoms with E-state index >= 15 is 0 Å². The molecule has 0 aromatic carbocycles. The molecular formula is C9H10BrN3. The number of aromatic nitrogens is 2. The minimum absolute atomic E-state index is 0.0151. The second-order valence-electron chi connectivity index (χ2n) is 3.06. The fourth-order valence-corrected chi connectivity index (χ4v) is 1.52. The quantitative estimate of drug-likeness (QED) is 0.829. The number of halogens is 1. The Labute approximate surface area is 84.7 Å². The number of imidazole rings is 1. The molecule has 0 spiro atoms. The van der Waals surface area contributed by atoms with Crippen molar-refractivity contribution in [1.29, 1.82) is 0 Å². The van der Waals surface area contributed by atoms with Gasteiger partial charge in [0.1, 0.15) is 5.65 Å². The summed E-state index contributed by atoms with van der Waals surface area (Å²) >= 11 is 3.39. The van der Waals surface area contributed by atoms with Crippen molar-refractivity contribution in [2.24, 2.45) is 5.73 Å². The van der Waals surface area contributed by atoms with Gasteiger partial charge in [0.05, 0.1) is 5.69 Å². The van der Waals surface area contributed by atoms with E-state index in [-0.39, 0.29) is 6.04 Å². The van der Waals surface area contributed by atoms with Crippen molar-refractivity contribution in [1.82, 2.24) is 9.38 Å². The molecule has 0 radical (unpaired) electrons. The summed E-state index contributed by atoms with van der Waals surface area (Å²) in [4.78, 5) is 4.38. The Kier molecular flexibility index (Phi) is 2.09. The van der Waals surface area contributed by atoms with E-state index in [0.717, 1.165) is 15.8 Å². The summed E-state index contributed by atoms with van der Waals surface area (Å²) in [6.07, 6.45) is 3.91. The zero-order chi connectivity index (χ0) is 9.42. The number of nitrogens with zero attached hydrogens (tertiary/aromatic N) is 2. The molecule has 13 heavy (non-hydrogen) atoms. The zero-order valence-corrected chi connectivity index (χ0v) is 8.82. The van der Waals surface area contributed by atoms with Crippen LogP contribution in [0.1, 0.15) is 18.7 Å². The Morgan fingerprint density at radius 2 is 2.38 bits per heavy atom. The summed E-state index contributed by atoms with van der Waals surface area (Å²) in [6, 6.07) is 3.92. The van der Waals surface area contributed by atoms with E-state index < -0.39 is 0 Å². The molecule has 2 aromatic heterocycles. The average molecular weight is 240 g/mol. The van der Waals surface area contributed by atoms with Crippen LogP contribution < -0.4 is 5.73 Å². The van der Waals surface area contributed by atoms with Crippen LogP contribution in [-0.2, 0) is 0 Å². The van der Waals surface area contributed by atoms with Crippen molar-refractivity contribution >= 4 is 21.6 Å². The molecule has 0 aliphatic carbocycles. The first-order chi connectivity index (χ1) is 6.16. The minimum atomic E-state index is -0.0151. The molecule has 0 bridgehead atoms. The predicted molar refractivity (Wildman–Crippen MR) is 55.5 cm³/mol. The molecule has 0 fully saturated rings. The smallest absolute Gasteiger partial charge is 0.138 e. The minimum Gasteiger partial charge on any atom is -0.323 e. The van der Waals surface area contributed by atoms with Crippen LogP contribution in [0.4, 0.5) is 0 Å². The third-order valence-electron chi connectivity index (χ3n) is 1.91. The highest BCUT2D eigenvalue weighted by molar-refractivity contribution is 9.10. The lowest BCUT2D eigenvalue weighted by Crippen LogP contribution is -2.04. The fourth-order valence-electron chi connectivity index (χ4n) is 1.20. The van der Waals surface area contributed by atoms with Crippen LogP contribution in [0.2, 0.25) is 0 Å². The van der Waals surface area contributed by atoms with Crippen molar-refractivity contribution in [3.63, 3.8) is 0 Å². The first-order valence-electron chi connectivity index (χ1n) is 4.06. The van der Waals surface area contributed by atoms with Crippen LogP contribution in [0.25, 0.3) is 5.65 Å². The van der Waals surface area contributed by atoms with Gasteiger partial charge in [-0.25, -0.2) is 4.98 Å². The summed E-state index contributed by atoms with van der Waals surface area (Å²) < 4.78 is 2.99. The van der Waals surface area contributed by atoms with Gasteiger partial charge in [0.25, 0.3) is 0 Å². The Balaban J connectivity index is 2.62. The van der Waals surface area contributed by atoms with Crippen LogP contribution >= 0.6 is 15.9 Å². The molecule has 0 aliphatic heterocycles. The van der Waals surface area contributed by atoms with Gasteiger partial charge in [-0.2, -0.15) is 0 Å². The van der Waals surface area contributed by atoms with Crippen molar-refractivity contribution < 1.29 is 0 Å². The maximum absolute atomic E-state index is 5.73. The van der Waals surface area contributed by atoms with Gasteiger partial charge in [-0.15, -0.1) is 0 Å². The molecule has 68 valence electrons. The number of fused-ring (bicyclic) bond motifs is 1. The van der Waals surface area contributed by atoms with Crippen LogP contribution in [0, 0.1) is 0 Å². The van der Waals surface area contributed by atoms with E-state index in [9.17, 15) is 0 Å². The van der Waals surface area contributed by atoms with Crippen molar-refractivity contribution in [3.05, 3.63) is 34.7 Å². The first-order valence-corrected chi connectivity index (χ1v) is 4.86. The van der Waals surface area contributed by atoms with Gasteiger partial charge in [0.15, 0.2) is 0 Å². The third kappa shape index (κ3) is 1.59. The van der Waals surface area contributed by atoms with Crippen molar-refractivity contribution in [2.45, 2.75) is 13.0 Å². The highest BCUT2D eigenvalue weighted by Gasteiger charge is 2.04. The average Bonchev–Trinajstić information content (AvgIpc) is 2.46. The molecule has 0 aliphatic rings. The predicted octanol–water partition coefficient (Wildman–Crippen LogP) is 2.12. The topological polar surface area (TPSA) is 43.3 Å². The lowest BCUT2D eigenvalue weighted by molar-refractivity contribution is 0.790. The second-order valence-corrected chi connectivity index (χ2v) is 3.98. The Morgan fingerprint density at radius 1 is 1.62 bits per heavy atom. The van der Waals surface area contributed by atoms with Crippen LogP contribution in [0.3, 0.4) is 0 Å². The molecular weight excluding hydrogens is 230 g/mol. The van der Waals surface area contributed by atoms with E-state index in [0.29, 0.717) is 0 Å². The fraction of sp³-hybridized carbons (Fsp3) is 0.222. The molecule has 2 N–H and O–H groups in total.